The maximum atomic E-state index is 11.9. The zero-order valence-corrected chi connectivity index (χ0v) is 13.6. The van der Waals surface area contributed by atoms with Crippen molar-refractivity contribution in [3.63, 3.8) is 0 Å². The molecule has 0 heterocycles. The molecule has 1 rings (SSSR count). The SMILES string of the molecule is CC1(C)CC1C(=O)N/C(=C/CCCCCS(=O)(=O)O)C(=O)O.[NaH]. The third-order valence-corrected chi connectivity index (χ3v) is 4.58. The Kier molecular flexibility index (Phi) is 9.01. The van der Waals surface area contributed by atoms with E-state index in [0.717, 1.165) is 6.42 Å². The van der Waals surface area contributed by atoms with Crippen molar-refractivity contribution in [3.8, 4) is 0 Å². The van der Waals surface area contributed by atoms with Crippen molar-refractivity contribution < 1.29 is 27.7 Å². The van der Waals surface area contributed by atoms with Crippen molar-refractivity contribution in [1.82, 2.24) is 5.32 Å². The zero-order valence-electron chi connectivity index (χ0n) is 12.8. The van der Waals surface area contributed by atoms with Crippen LogP contribution in [0.1, 0.15) is 46.0 Å². The number of carbonyl (C=O) groups excluding carboxylic acids is 1. The molecule has 9 heteroatoms. The first-order chi connectivity index (χ1) is 10.0. The predicted molar refractivity (Wildman–Crippen MR) is 87.8 cm³/mol. The monoisotopic (exact) mass is 357 g/mol. The summed E-state index contributed by atoms with van der Waals surface area (Å²) in [5.41, 5.74) is -0.203. The molecule has 0 aromatic rings. The van der Waals surface area contributed by atoms with Crippen LogP contribution < -0.4 is 5.32 Å². The van der Waals surface area contributed by atoms with Gasteiger partial charge in [0, 0.05) is 5.92 Å². The number of carboxylic acid groups (broad SMARTS) is 1. The fourth-order valence-electron chi connectivity index (χ4n) is 2.18. The van der Waals surface area contributed by atoms with E-state index < -0.39 is 16.1 Å². The van der Waals surface area contributed by atoms with Gasteiger partial charge in [-0.15, -0.1) is 0 Å². The van der Waals surface area contributed by atoms with Gasteiger partial charge in [0.1, 0.15) is 5.70 Å². The molecule has 3 N–H and O–H groups in total. The Morgan fingerprint density at radius 1 is 1.26 bits per heavy atom. The standard InChI is InChI=1S/C14H23NO6S.Na.H/c1-14(2)9-10(14)12(16)15-11(13(17)18)7-5-3-4-6-8-22(19,20)21;;/h7,10H,3-6,8-9H2,1-2H3,(H,15,16)(H,17,18)(H,19,20,21);;/b11-7+;;. The number of nitrogens with one attached hydrogen (secondary N) is 1. The summed E-state index contributed by atoms with van der Waals surface area (Å²) in [7, 11) is -3.94. The average molecular weight is 357 g/mol. The molecule has 0 aromatic heterocycles. The van der Waals surface area contributed by atoms with Gasteiger partial charge >= 0.3 is 35.5 Å². The molecular formula is C14H24NNaO6S. The molecule has 1 saturated carbocycles. The van der Waals surface area contributed by atoms with E-state index in [9.17, 15) is 18.0 Å². The van der Waals surface area contributed by atoms with E-state index in [0.29, 0.717) is 25.7 Å². The summed E-state index contributed by atoms with van der Waals surface area (Å²) in [4.78, 5) is 23.0. The Morgan fingerprint density at radius 2 is 1.83 bits per heavy atom. The molecule has 1 fully saturated rings. The van der Waals surface area contributed by atoms with Crippen LogP contribution in [0.25, 0.3) is 0 Å². The Balaban J connectivity index is 0.00000484. The van der Waals surface area contributed by atoms with E-state index in [1.807, 2.05) is 13.8 Å². The van der Waals surface area contributed by atoms with Crippen LogP contribution in [-0.4, -0.2) is 65.3 Å². The molecule has 0 spiro atoms. The van der Waals surface area contributed by atoms with E-state index in [4.69, 9.17) is 9.66 Å². The van der Waals surface area contributed by atoms with Crippen molar-refractivity contribution in [2.75, 3.05) is 5.75 Å². The number of aliphatic carboxylic acids is 1. The number of unbranched alkanes of at least 4 members (excludes halogenated alkanes) is 3. The van der Waals surface area contributed by atoms with E-state index >= 15 is 0 Å². The zero-order chi connectivity index (χ0) is 17.0. The van der Waals surface area contributed by atoms with Crippen LogP contribution in [0.5, 0.6) is 0 Å². The summed E-state index contributed by atoms with van der Waals surface area (Å²) in [6.45, 7) is 3.91. The second-order valence-corrected chi connectivity index (χ2v) is 7.86. The molecule has 0 aromatic carbocycles. The van der Waals surface area contributed by atoms with Gasteiger partial charge in [-0.05, 0) is 31.1 Å². The van der Waals surface area contributed by atoms with Gasteiger partial charge in [-0.1, -0.05) is 26.3 Å². The Morgan fingerprint density at radius 3 is 2.26 bits per heavy atom. The van der Waals surface area contributed by atoms with E-state index in [2.05, 4.69) is 5.32 Å². The number of hydrogen-bond acceptors (Lipinski definition) is 4. The minimum atomic E-state index is -3.94. The first kappa shape index (κ1) is 22.6. The van der Waals surface area contributed by atoms with Crippen molar-refractivity contribution in [1.29, 1.82) is 0 Å². The number of hydrogen-bond donors (Lipinski definition) is 3. The van der Waals surface area contributed by atoms with Gasteiger partial charge in [-0.25, -0.2) is 4.79 Å². The minimum absolute atomic E-state index is 0. The summed E-state index contributed by atoms with van der Waals surface area (Å²) in [6.07, 6.45) is 4.05. The van der Waals surface area contributed by atoms with Crippen LogP contribution in [0.15, 0.2) is 11.8 Å². The molecule has 0 bridgehead atoms. The summed E-state index contributed by atoms with van der Waals surface area (Å²) < 4.78 is 29.6. The van der Waals surface area contributed by atoms with Crippen LogP contribution in [0.2, 0.25) is 0 Å². The molecule has 0 aliphatic heterocycles. The van der Waals surface area contributed by atoms with E-state index in [1.54, 1.807) is 0 Å². The number of rotatable bonds is 9. The van der Waals surface area contributed by atoms with Crippen molar-refractivity contribution >= 4 is 51.6 Å². The number of allylic oxidation sites excluding steroid dienone is 1. The molecule has 7 nitrogen and oxygen atoms in total. The summed E-state index contributed by atoms with van der Waals surface area (Å²) in [6, 6.07) is 0. The second kappa shape index (κ2) is 9.17. The molecule has 1 atom stereocenters. The Bertz CT molecular complexity index is 570. The van der Waals surface area contributed by atoms with Gasteiger partial charge in [0.25, 0.3) is 10.1 Å². The third kappa shape index (κ3) is 8.85. The summed E-state index contributed by atoms with van der Waals surface area (Å²) in [5.74, 6) is -1.91. The predicted octanol–water partition coefficient (Wildman–Crippen LogP) is 0.917. The normalized spacial score (nSPS) is 19.6. The van der Waals surface area contributed by atoms with Gasteiger partial charge in [0.05, 0.1) is 5.75 Å². The van der Waals surface area contributed by atoms with Gasteiger partial charge in [-0.3, -0.25) is 9.35 Å². The molecule has 1 aliphatic carbocycles. The molecule has 0 radical (unpaired) electrons. The van der Waals surface area contributed by atoms with Crippen LogP contribution in [-0.2, 0) is 19.7 Å². The van der Waals surface area contributed by atoms with Crippen LogP contribution in [0, 0.1) is 11.3 Å². The van der Waals surface area contributed by atoms with Crippen molar-refractivity contribution in [2.24, 2.45) is 11.3 Å². The van der Waals surface area contributed by atoms with Gasteiger partial charge < -0.3 is 10.4 Å². The van der Waals surface area contributed by atoms with Crippen LogP contribution in [0.3, 0.4) is 0 Å². The molecule has 128 valence electrons. The number of amides is 1. The van der Waals surface area contributed by atoms with E-state index in [1.165, 1.54) is 6.08 Å². The maximum absolute atomic E-state index is 11.9. The third-order valence-electron chi connectivity index (χ3n) is 3.77. The molecule has 0 saturated heterocycles. The van der Waals surface area contributed by atoms with Crippen molar-refractivity contribution in [3.05, 3.63) is 11.8 Å². The van der Waals surface area contributed by atoms with Gasteiger partial charge in [0.2, 0.25) is 5.91 Å². The fraction of sp³-hybridized carbons (Fsp3) is 0.714. The number of carboxylic acids is 1. The topological polar surface area (TPSA) is 121 Å². The summed E-state index contributed by atoms with van der Waals surface area (Å²) >= 11 is 0. The molecular weight excluding hydrogens is 333 g/mol. The second-order valence-electron chi connectivity index (χ2n) is 6.29. The Hall–Kier alpha value is -0.410. The molecule has 1 aliphatic rings. The first-order valence-electron chi connectivity index (χ1n) is 7.22. The van der Waals surface area contributed by atoms with E-state index in [-0.39, 0.29) is 58.2 Å². The summed E-state index contributed by atoms with van der Waals surface area (Å²) in [5, 5.41) is 11.5. The molecule has 1 unspecified atom stereocenters. The van der Waals surface area contributed by atoms with Crippen LogP contribution in [0.4, 0.5) is 0 Å². The quantitative estimate of drug-likeness (QED) is 0.244. The van der Waals surface area contributed by atoms with Crippen molar-refractivity contribution in [2.45, 2.75) is 46.0 Å². The fourth-order valence-corrected chi connectivity index (χ4v) is 2.75. The molecule has 23 heavy (non-hydrogen) atoms. The average Bonchev–Trinajstić information content (AvgIpc) is 2.99. The Labute approximate surface area is 158 Å². The molecule has 1 amide bonds. The first-order valence-corrected chi connectivity index (χ1v) is 8.83. The van der Waals surface area contributed by atoms with Crippen LogP contribution >= 0.6 is 0 Å². The van der Waals surface area contributed by atoms with Gasteiger partial charge in [-0.2, -0.15) is 8.42 Å². The van der Waals surface area contributed by atoms with Gasteiger partial charge in [0.15, 0.2) is 0 Å². The number of carbonyl (C=O) groups is 2.